The van der Waals surface area contributed by atoms with E-state index in [4.69, 9.17) is 35.2 Å². The van der Waals surface area contributed by atoms with Crippen molar-refractivity contribution < 1.29 is 42.9 Å². The summed E-state index contributed by atoms with van der Waals surface area (Å²) in [5.41, 5.74) is -1.20. The van der Waals surface area contributed by atoms with E-state index in [0.29, 0.717) is 64.8 Å². The molecule has 0 bridgehead atoms. The van der Waals surface area contributed by atoms with Crippen LogP contribution in [-0.4, -0.2) is 131 Å². The second-order valence-corrected chi connectivity index (χ2v) is 19.5. The zero-order valence-electron chi connectivity index (χ0n) is 37.9. The van der Waals surface area contributed by atoms with Gasteiger partial charge in [-0.1, -0.05) is 45.4 Å². The van der Waals surface area contributed by atoms with Crippen molar-refractivity contribution in [1.82, 2.24) is 35.7 Å². The molecule has 1 aromatic carbocycles. The van der Waals surface area contributed by atoms with Gasteiger partial charge < -0.3 is 54.8 Å². The van der Waals surface area contributed by atoms with Gasteiger partial charge in [-0.15, -0.1) is 6.58 Å². The molecule has 17 nitrogen and oxygen atoms in total. The van der Waals surface area contributed by atoms with Gasteiger partial charge in [0.15, 0.2) is 0 Å². The maximum atomic E-state index is 14.8. The van der Waals surface area contributed by atoms with Crippen molar-refractivity contribution >= 4 is 52.4 Å². The number of benzene rings is 1. The number of anilines is 1. The highest BCUT2D eigenvalue weighted by Gasteiger charge is 2.61. The molecule has 4 aliphatic rings. The number of carbonyl (C=O) groups is 4. The van der Waals surface area contributed by atoms with Crippen LogP contribution in [0.15, 0.2) is 41.5 Å². The lowest BCUT2D eigenvalue weighted by atomic mass is 9.85. The molecule has 18 heteroatoms. The summed E-state index contributed by atoms with van der Waals surface area (Å²) in [4.78, 5) is 68.0. The minimum atomic E-state index is -1.55. The molecule has 2 aromatic heterocycles. The number of likely N-dealkylation sites (tertiary alicyclic amines) is 1. The van der Waals surface area contributed by atoms with E-state index in [9.17, 15) is 24.3 Å². The van der Waals surface area contributed by atoms with Crippen LogP contribution < -0.4 is 30.7 Å². The maximum absolute atomic E-state index is 14.8. The molecule has 3 heterocycles. The summed E-state index contributed by atoms with van der Waals surface area (Å²) < 4.78 is 24.4. The standard InChI is InChI=1S/C46H63ClN8O9/c1-9-28-22-46(28,42(58)59)53-40(56)34-20-30(23-55(34)41(57)39(45(5,6)7)52-44(60)64-29-18-26-17-27(26)19-29)63-36-21-32(33-24-62-43(51-33)49-25(3)4)50-38-31(36)11-12-35(37(38)47)61-16-15-54(8)14-13-48-10-2/h9,11-12,21,24-30,34,39,48H,1,10,13-20,22-23H2,2-8H3,(H,49,51)(H,52,60)(H,53,56)(H,58,59)/t26-,27+,28-,29?,30+,34+,39-,46-/m1/s1. The summed E-state index contributed by atoms with van der Waals surface area (Å²) >= 11 is 7.08. The Balaban J connectivity index is 1.18. The largest absolute Gasteiger partial charge is 0.491 e. The predicted molar refractivity (Wildman–Crippen MR) is 241 cm³/mol. The molecule has 0 spiro atoms. The minimum absolute atomic E-state index is 0.0000242. The third kappa shape index (κ3) is 10.5. The van der Waals surface area contributed by atoms with Gasteiger partial charge in [-0.2, -0.15) is 4.98 Å². The number of likely N-dealkylation sites (N-methyl/N-ethyl adjacent to an activating group) is 2. The molecular weight excluding hydrogens is 844 g/mol. The Morgan fingerprint density at radius 3 is 2.48 bits per heavy atom. The molecule has 5 N–H and O–H groups in total. The third-order valence-electron chi connectivity index (χ3n) is 12.7. The monoisotopic (exact) mass is 906 g/mol. The Bertz CT molecular complexity index is 2220. The van der Waals surface area contributed by atoms with Gasteiger partial charge >= 0.3 is 12.1 Å². The zero-order chi connectivity index (χ0) is 46.1. The van der Waals surface area contributed by atoms with Crippen LogP contribution in [0.1, 0.15) is 73.6 Å². The number of rotatable bonds is 20. The van der Waals surface area contributed by atoms with E-state index in [1.54, 1.807) is 18.2 Å². The molecule has 3 saturated carbocycles. The van der Waals surface area contributed by atoms with Crippen LogP contribution >= 0.6 is 11.6 Å². The van der Waals surface area contributed by atoms with Crippen molar-refractivity contribution in [1.29, 1.82) is 0 Å². The Kier molecular flexibility index (Phi) is 14.0. The number of amides is 3. The second-order valence-electron chi connectivity index (χ2n) is 19.1. The number of halogens is 1. The van der Waals surface area contributed by atoms with Gasteiger partial charge in [-0.3, -0.25) is 9.59 Å². The van der Waals surface area contributed by atoms with Crippen LogP contribution in [-0.2, 0) is 19.1 Å². The number of carboxylic acids is 1. The number of carboxylic acid groups (broad SMARTS) is 1. The van der Waals surface area contributed by atoms with Crippen LogP contribution in [0.2, 0.25) is 5.02 Å². The number of carbonyl (C=O) groups excluding carboxylic acids is 3. The SMILES string of the molecule is C=C[C@@H]1C[C@]1(NC(=O)[C@@H]1C[C@H](Oc2cc(-c3coc(NC(C)C)n3)nc3c(Cl)c(OCCN(C)CCNCC)ccc23)CN1C(=O)[C@@H](NC(=O)OC1C[C@@H]2C[C@@H]2C1)C(C)(C)C)C(=O)O. The molecule has 3 amide bonds. The van der Waals surface area contributed by atoms with Crippen molar-refractivity contribution in [2.24, 2.45) is 23.2 Å². The predicted octanol–water partition coefficient (Wildman–Crippen LogP) is 5.72. The van der Waals surface area contributed by atoms with E-state index < -0.39 is 58.9 Å². The van der Waals surface area contributed by atoms with Crippen LogP contribution in [0.25, 0.3) is 22.3 Å². The highest BCUT2D eigenvalue weighted by atomic mass is 35.5. The number of nitrogens with one attached hydrogen (secondary N) is 4. The highest BCUT2D eigenvalue weighted by molar-refractivity contribution is 6.36. The first kappa shape index (κ1) is 46.9. The van der Waals surface area contributed by atoms with Gasteiger partial charge in [-0.25, -0.2) is 14.6 Å². The molecule has 8 atom stereocenters. The highest BCUT2D eigenvalue weighted by Crippen LogP contribution is 2.52. The van der Waals surface area contributed by atoms with E-state index >= 15 is 0 Å². The number of alkyl carbamates (subject to hydrolysis) is 1. The van der Waals surface area contributed by atoms with Gasteiger partial charge in [-0.05, 0) is 82.5 Å². The normalized spacial score (nSPS) is 25.2. The number of hydrogen-bond donors (Lipinski definition) is 5. The van der Waals surface area contributed by atoms with Crippen molar-refractivity contribution in [3.63, 3.8) is 0 Å². The Morgan fingerprint density at radius 1 is 1.08 bits per heavy atom. The minimum Gasteiger partial charge on any atom is -0.491 e. The summed E-state index contributed by atoms with van der Waals surface area (Å²) in [5, 5.41) is 23.0. The number of aromatic nitrogens is 2. The second kappa shape index (κ2) is 19.1. The van der Waals surface area contributed by atoms with E-state index in [0.717, 1.165) is 38.9 Å². The molecule has 64 heavy (non-hydrogen) atoms. The van der Waals surface area contributed by atoms with Gasteiger partial charge in [0, 0.05) is 49.5 Å². The van der Waals surface area contributed by atoms with Crippen LogP contribution in [0, 0.1) is 23.2 Å². The number of ether oxygens (including phenoxy) is 3. The molecule has 348 valence electrons. The van der Waals surface area contributed by atoms with E-state index in [1.807, 2.05) is 41.7 Å². The quantitative estimate of drug-likeness (QED) is 0.0679. The fourth-order valence-corrected chi connectivity index (χ4v) is 9.13. The van der Waals surface area contributed by atoms with Gasteiger partial charge in [0.05, 0.1) is 17.8 Å². The van der Waals surface area contributed by atoms with Crippen LogP contribution in [0.3, 0.4) is 0 Å². The topological polar surface area (TPSA) is 210 Å². The van der Waals surface area contributed by atoms with E-state index in [2.05, 4.69) is 44.7 Å². The lowest BCUT2D eigenvalue weighted by Gasteiger charge is -2.35. The fraction of sp³-hybridized carbons (Fsp3) is 0.609. The molecular formula is C46H63ClN8O9. The molecule has 3 aromatic rings. The lowest BCUT2D eigenvalue weighted by molar-refractivity contribution is -0.146. The van der Waals surface area contributed by atoms with Crippen molar-refractivity contribution in [2.75, 3.05) is 51.7 Å². The number of pyridine rings is 1. The summed E-state index contributed by atoms with van der Waals surface area (Å²) in [6, 6.07) is 3.35. The van der Waals surface area contributed by atoms with E-state index in [-0.39, 0.29) is 36.6 Å². The molecule has 0 radical (unpaired) electrons. The van der Waals surface area contributed by atoms with Gasteiger partial charge in [0.25, 0.3) is 6.01 Å². The van der Waals surface area contributed by atoms with Crippen molar-refractivity contribution in [3.8, 4) is 22.9 Å². The number of aliphatic carboxylic acids is 1. The zero-order valence-corrected chi connectivity index (χ0v) is 38.6. The smallest absolute Gasteiger partial charge is 0.408 e. The summed E-state index contributed by atoms with van der Waals surface area (Å²) in [7, 11) is 2.02. The summed E-state index contributed by atoms with van der Waals surface area (Å²) in [5.74, 6) is -0.915. The summed E-state index contributed by atoms with van der Waals surface area (Å²) in [6.07, 6.45) is 4.24. The average Bonchev–Trinajstić information content (AvgIpc) is 3.90. The fourth-order valence-electron chi connectivity index (χ4n) is 8.87. The first-order valence-corrected chi connectivity index (χ1v) is 22.8. The van der Waals surface area contributed by atoms with Crippen molar-refractivity contribution in [2.45, 2.75) is 110 Å². The lowest BCUT2D eigenvalue weighted by Crippen LogP contribution is -2.59. The van der Waals surface area contributed by atoms with Gasteiger partial charge in [0.2, 0.25) is 11.8 Å². The van der Waals surface area contributed by atoms with Crippen molar-refractivity contribution in [3.05, 3.63) is 42.1 Å². The average molecular weight is 908 g/mol. The van der Waals surface area contributed by atoms with Crippen LogP contribution in [0.4, 0.5) is 10.8 Å². The molecule has 4 fully saturated rings. The number of fused-ring (bicyclic) bond motifs is 2. The van der Waals surface area contributed by atoms with E-state index in [1.165, 1.54) is 17.2 Å². The Labute approximate surface area is 379 Å². The van der Waals surface area contributed by atoms with Gasteiger partial charge in [0.1, 0.15) is 64.9 Å². The number of nitrogens with zero attached hydrogens (tertiary/aromatic N) is 4. The number of hydrogen-bond acceptors (Lipinski definition) is 13. The number of oxazole rings is 1. The molecule has 1 saturated heterocycles. The third-order valence-corrected chi connectivity index (χ3v) is 13.1. The van der Waals surface area contributed by atoms with Crippen LogP contribution in [0.5, 0.6) is 11.5 Å². The molecule has 1 unspecified atom stereocenters. The first-order chi connectivity index (χ1) is 30.4. The Morgan fingerprint density at radius 2 is 1.83 bits per heavy atom. The Hall–Kier alpha value is -5.13. The molecule has 7 rings (SSSR count). The molecule has 3 aliphatic carbocycles. The maximum Gasteiger partial charge on any atom is 0.408 e. The molecule has 1 aliphatic heterocycles. The summed E-state index contributed by atoms with van der Waals surface area (Å²) in [6.45, 7) is 18.8. The first-order valence-electron chi connectivity index (χ1n) is 22.4.